The van der Waals surface area contributed by atoms with Gasteiger partial charge >= 0.3 is 0 Å². The van der Waals surface area contributed by atoms with E-state index in [0.29, 0.717) is 28.9 Å². The summed E-state index contributed by atoms with van der Waals surface area (Å²) in [6.07, 6.45) is 0.192. The number of hydrogen-bond acceptors (Lipinski definition) is 4. The van der Waals surface area contributed by atoms with Crippen molar-refractivity contribution < 1.29 is 9.59 Å². The van der Waals surface area contributed by atoms with Crippen molar-refractivity contribution in [1.29, 1.82) is 0 Å². The van der Waals surface area contributed by atoms with Crippen LogP contribution in [0.25, 0.3) is 0 Å². The lowest BCUT2D eigenvalue weighted by atomic mass is 9.88. The number of benzene rings is 2. The first-order valence-electron chi connectivity index (χ1n) is 9.65. The molecule has 1 heterocycles. The summed E-state index contributed by atoms with van der Waals surface area (Å²) in [6, 6.07) is 19.2. The summed E-state index contributed by atoms with van der Waals surface area (Å²) in [7, 11) is 0. The number of carbonyl (C=O) groups excluding carboxylic acids is 2. The van der Waals surface area contributed by atoms with Crippen LogP contribution in [0.4, 0.5) is 5.13 Å². The van der Waals surface area contributed by atoms with Crippen molar-refractivity contribution in [2.45, 2.75) is 26.2 Å². The van der Waals surface area contributed by atoms with Gasteiger partial charge in [-0.2, -0.15) is 0 Å². The molecule has 0 radical (unpaired) electrons. The van der Waals surface area contributed by atoms with Crippen LogP contribution in [0.2, 0.25) is 0 Å². The van der Waals surface area contributed by atoms with Gasteiger partial charge in [0.2, 0.25) is 5.91 Å². The van der Waals surface area contributed by atoms with Gasteiger partial charge in [0.15, 0.2) is 5.13 Å². The van der Waals surface area contributed by atoms with Crippen LogP contribution in [0.5, 0.6) is 0 Å². The van der Waals surface area contributed by atoms with Gasteiger partial charge in [-0.25, -0.2) is 4.98 Å². The van der Waals surface area contributed by atoms with Crippen LogP contribution in [-0.4, -0.2) is 23.3 Å². The average Bonchev–Trinajstić information content (AvgIpc) is 3.16. The van der Waals surface area contributed by atoms with E-state index in [4.69, 9.17) is 0 Å². The first-order valence-corrected chi connectivity index (χ1v) is 10.5. The summed E-state index contributed by atoms with van der Waals surface area (Å²) in [5.74, 6) is 0.393. The zero-order valence-electron chi connectivity index (χ0n) is 16.6. The second-order valence-electron chi connectivity index (χ2n) is 7.21. The molecule has 29 heavy (non-hydrogen) atoms. The van der Waals surface area contributed by atoms with E-state index in [9.17, 15) is 9.59 Å². The van der Waals surface area contributed by atoms with E-state index in [2.05, 4.69) is 41.6 Å². The van der Waals surface area contributed by atoms with E-state index >= 15 is 0 Å². The summed E-state index contributed by atoms with van der Waals surface area (Å²) >= 11 is 1.32. The first-order chi connectivity index (χ1) is 14.0. The number of nitrogens with zero attached hydrogens (tertiary/aromatic N) is 1. The molecule has 1 atom stereocenters. The molecule has 3 rings (SSSR count). The molecule has 1 unspecified atom stereocenters. The third-order valence-electron chi connectivity index (χ3n) is 4.70. The molecule has 0 spiro atoms. The van der Waals surface area contributed by atoms with Crippen molar-refractivity contribution in [3.8, 4) is 0 Å². The highest BCUT2D eigenvalue weighted by Crippen LogP contribution is 2.23. The van der Waals surface area contributed by atoms with Gasteiger partial charge in [0.05, 0.1) is 12.1 Å². The minimum atomic E-state index is -0.210. The normalized spacial score (nSPS) is 11.8. The Morgan fingerprint density at radius 1 is 1.00 bits per heavy atom. The Kier molecular flexibility index (Phi) is 7.14. The van der Waals surface area contributed by atoms with Gasteiger partial charge in [0.25, 0.3) is 5.91 Å². The number of rotatable bonds is 8. The molecule has 2 N–H and O–H groups in total. The predicted octanol–water partition coefficient (Wildman–Crippen LogP) is 4.49. The fraction of sp³-hybridized carbons (Fsp3) is 0.261. The van der Waals surface area contributed by atoms with Gasteiger partial charge in [-0.3, -0.25) is 14.9 Å². The lowest BCUT2D eigenvalue weighted by Gasteiger charge is -2.21. The second-order valence-corrected chi connectivity index (χ2v) is 8.06. The van der Waals surface area contributed by atoms with Crippen molar-refractivity contribution in [2.75, 3.05) is 11.9 Å². The minimum Gasteiger partial charge on any atom is -0.355 e. The maximum Gasteiger partial charge on any atom is 0.257 e. The van der Waals surface area contributed by atoms with Crippen LogP contribution in [0.15, 0.2) is 66.0 Å². The zero-order chi connectivity index (χ0) is 20.6. The highest BCUT2D eigenvalue weighted by molar-refractivity contribution is 7.14. The van der Waals surface area contributed by atoms with Gasteiger partial charge < -0.3 is 5.32 Å². The Labute approximate surface area is 175 Å². The molecule has 0 aliphatic carbocycles. The molecule has 0 fully saturated rings. The number of thiazole rings is 1. The van der Waals surface area contributed by atoms with E-state index < -0.39 is 0 Å². The Hall–Kier alpha value is -2.99. The maximum absolute atomic E-state index is 12.4. The molecule has 6 heteroatoms. The number of anilines is 1. The third-order valence-corrected chi connectivity index (χ3v) is 5.51. The fourth-order valence-corrected chi connectivity index (χ4v) is 3.80. The summed E-state index contributed by atoms with van der Waals surface area (Å²) in [4.78, 5) is 28.9. The van der Waals surface area contributed by atoms with Gasteiger partial charge in [-0.15, -0.1) is 11.3 Å². The molecule has 0 saturated heterocycles. The fourth-order valence-electron chi connectivity index (χ4n) is 3.09. The summed E-state index contributed by atoms with van der Waals surface area (Å²) < 4.78 is 0. The van der Waals surface area contributed by atoms with Gasteiger partial charge in [-0.1, -0.05) is 62.4 Å². The third kappa shape index (κ3) is 5.99. The van der Waals surface area contributed by atoms with Crippen molar-refractivity contribution in [1.82, 2.24) is 10.3 Å². The average molecular weight is 408 g/mol. The zero-order valence-corrected chi connectivity index (χ0v) is 17.4. The highest BCUT2D eigenvalue weighted by atomic mass is 32.1. The van der Waals surface area contributed by atoms with E-state index in [1.165, 1.54) is 16.9 Å². The summed E-state index contributed by atoms with van der Waals surface area (Å²) in [6.45, 7) is 4.90. The van der Waals surface area contributed by atoms with E-state index in [-0.39, 0.29) is 24.2 Å². The minimum absolute atomic E-state index is 0.0715. The van der Waals surface area contributed by atoms with Gasteiger partial charge in [-0.05, 0) is 23.6 Å². The monoisotopic (exact) mass is 407 g/mol. The van der Waals surface area contributed by atoms with Crippen LogP contribution in [0.3, 0.4) is 0 Å². The number of nitrogens with one attached hydrogen (secondary N) is 2. The van der Waals surface area contributed by atoms with E-state index in [1.807, 2.05) is 36.4 Å². The number of amides is 2. The topological polar surface area (TPSA) is 71.1 Å². The van der Waals surface area contributed by atoms with Crippen molar-refractivity contribution in [3.05, 3.63) is 82.9 Å². The Bertz CT molecular complexity index is 939. The molecule has 0 saturated carbocycles. The van der Waals surface area contributed by atoms with Crippen molar-refractivity contribution >= 4 is 28.3 Å². The summed E-state index contributed by atoms with van der Waals surface area (Å²) in [5, 5.41) is 8.10. The predicted molar refractivity (Wildman–Crippen MR) is 117 cm³/mol. The molecule has 150 valence electrons. The number of aromatic nitrogens is 1. The Morgan fingerprint density at radius 3 is 2.31 bits per heavy atom. The lowest BCUT2D eigenvalue weighted by Crippen LogP contribution is -2.31. The van der Waals surface area contributed by atoms with Gasteiger partial charge in [0, 0.05) is 23.4 Å². The van der Waals surface area contributed by atoms with Crippen LogP contribution < -0.4 is 10.6 Å². The molecule has 1 aromatic heterocycles. The quantitative estimate of drug-likeness (QED) is 0.578. The van der Waals surface area contributed by atoms with Gasteiger partial charge in [0.1, 0.15) is 0 Å². The highest BCUT2D eigenvalue weighted by Gasteiger charge is 2.17. The lowest BCUT2D eigenvalue weighted by molar-refractivity contribution is -0.120. The van der Waals surface area contributed by atoms with Crippen LogP contribution in [0, 0.1) is 5.92 Å². The summed E-state index contributed by atoms with van der Waals surface area (Å²) in [5.41, 5.74) is 2.45. The van der Waals surface area contributed by atoms with Crippen LogP contribution in [-0.2, 0) is 11.2 Å². The van der Waals surface area contributed by atoms with Crippen molar-refractivity contribution in [3.63, 3.8) is 0 Å². The smallest absolute Gasteiger partial charge is 0.257 e. The first kappa shape index (κ1) is 20.7. The van der Waals surface area contributed by atoms with E-state index in [0.717, 1.165) is 0 Å². The molecule has 3 aromatic rings. The van der Waals surface area contributed by atoms with Crippen molar-refractivity contribution in [2.24, 2.45) is 5.92 Å². The maximum atomic E-state index is 12.4. The molecule has 0 aliphatic rings. The molecular weight excluding hydrogens is 382 g/mol. The Balaban J connectivity index is 1.53. The molecular formula is C23H25N3O2S. The SMILES string of the molecule is CC(C)C(CNC(=O)Cc1csc(NC(=O)c2ccccc2)n1)c1ccccc1. The van der Waals surface area contributed by atoms with Crippen LogP contribution in [0.1, 0.15) is 41.4 Å². The molecule has 2 amide bonds. The largest absolute Gasteiger partial charge is 0.355 e. The molecule has 0 bridgehead atoms. The Morgan fingerprint density at radius 2 is 1.66 bits per heavy atom. The standard InChI is InChI=1S/C23H25N3O2S/c1-16(2)20(17-9-5-3-6-10-17)14-24-21(27)13-19-15-29-23(25-19)26-22(28)18-11-7-4-8-12-18/h3-12,15-16,20H,13-14H2,1-2H3,(H,24,27)(H,25,26,28). The molecule has 2 aromatic carbocycles. The molecule has 5 nitrogen and oxygen atoms in total. The second kappa shape index (κ2) is 9.98. The molecule has 0 aliphatic heterocycles. The van der Waals surface area contributed by atoms with Crippen LogP contribution >= 0.6 is 11.3 Å². The number of carbonyl (C=O) groups is 2. The van der Waals surface area contributed by atoms with E-state index in [1.54, 1.807) is 17.5 Å². The number of hydrogen-bond donors (Lipinski definition) is 2.